The maximum absolute atomic E-state index is 12.0. The van der Waals surface area contributed by atoms with Crippen LogP contribution in [0.15, 0.2) is 36.4 Å². The number of nitrogens with one attached hydrogen (secondary N) is 2. The van der Waals surface area contributed by atoms with Crippen LogP contribution in [0.2, 0.25) is 10.0 Å². The molecule has 8 heteroatoms. The summed E-state index contributed by atoms with van der Waals surface area (Å²) in [6.45, 7) is 5.84. The lowest BCUT2D eigenvalue weighted by Crippen LogP contribution is -2.37. The average molecular weight is 427 g/mol. The normalized spacial score (nSPS) is 11.0. The molecule has 0 spiro atoms. The van der Waals surface area contributed by atoms with Crippen molar-refractivity contribution in [3.8, 4) is 11.5 Å². The predicted octanol–water partition coefficient (Wildman–Crippen LogP) is 4.89. The third-order valence-electron chi connectivity index (χ3n) is 3.61. The highest BCUT2D eigenvalue weighted by Gasteiger charge is 2.19. The van der Waals surface area contributed by atoms with Crippen LogP contribution >= 0.6 is 35.4 Å². The molecule has 5 nitrogen and oxygen atoms in total. The summed E-state index contributed by atoms with van der Waals surface area (Å²) in [4.78, 5) is 12.0. The van der Waals surface area contributed by atoms with E-state index in [2.05, 4.69) is 10.6 Å². The number of anilines is 1. The van der Waals surface area contributed by atoms with E-state index in [4.69, 9.17) is 40.2 Å². The number of carbonyl (C=O) groups is 1. The van der Waals surface area contributed by atoms with Crippen LogP contribution < -0.4 is 15.4 Å². The van der Waals surface area contributed by atoms with Crippen LogP contribution in [0.4, 0.5) is 5.69 Å². The fraction of sp³-hybridized carbons (Fsp3) is 0.263. The summed E-state index contributed by atoms with van der Waals surface area (Å²) >= 11 is 17.0. The Labute approximate surface area is 173 Å². The largest absolute Gasteiger partial charge is 0.504 e. The van der Waals surface area contributed by atoms with E-state index >= 15 is 0 Å². The maximum atomic E-state index is 12.0. The molecule has 0 bridgehead atoms. The van der Waals surface area contributed by atoms with E-state index in [0.717, 1.165) is 5.56 Å². The van der Waals surface area contributed by atoms with Crippen molar-refractivity contribution in [2.75, 3.05) is 11.9 Å². The fourth-order valence-electron chi connectivity index (χ4n) is 2.12. The molecule has 2 rings (SSSR count). The van der Waals surface area contributed by atoms with Crippen molar-refractivity contribution in [1.29, 1.82) is 0 Å². The quantitative estimate of drug-likeness (QED) is 0.479. The van der Waals surface area contributed by atoms with Crippen LogP contribution in [0.1, 0.15) is 26.3 Å². The molecule has 0 aromatic heterocycles. The highest BCUT2D eigenvalue weighted by molar-refractivity contribution is 7.80. The highest BCUT2D eigenvalue weighted by atomic mass is 35.5. The molecular formula is C19H20Cl2N2O3S. The molecule has 27 heavy (non-hydrogen) atoms. The molecule has 0 saturated heterocycles. The molecule has 0 atom stereocenters. The Hall–Kier alpha value is -2.02. The third-order valence-corrected chi connectivity index (χ3v) is 4.36. The number of rotatable bonds is 4. The number of carbonyl (C=O) groups excluding carboxylic acids is 1. The van der Waals surface area contributed by atoms with Crippen LogP contribution in [-0.4, -0.2) is 22.7 Å². The number of amides is 1. The van der Waals surface area contributed by atoms with Gasteiger partial charge in [0.25, 0.3) is 5.91 Å². The number of benzene rings is 2. The number of ether oxygens (including phenoxy) is 1. The topological polar surface area (TPSA) is 70.6 Å². The Balaban J connectivity index is 1.97. The van der Waals surface area contributed by atoms with Gasteiger partial charge in [-0.05, 0) is 59.6 Å². The first-order valence-corrected chi connectivity index (χ1v) is 9.25. The second-order valence-corrected chi connectivity index (χ2v) is 8.10. The van der Waals surface area contributed by atoms with E-state index in [0.29, 0.717) is 16.5 Å². The number of hydrogen-bond donors (Lipinski definition) is 3. The van der Waals surface area contributed by atoms with Gasteiger partial charge in [0.05, 0.1) is 10.7 Å². The Kier molecular flexibility index (Phi) is 6.92. The van der Waals surface area contributed by atoms with Crippen molar-refractivity contribution in [2.24, 2.45) is 0 Å². The molecule has 3 N–H and O–H groups in total. The molecule has 0 radical (unpaired) electrons. The van der Waals surface area contributed by atoms with Gasteiger partial charge in [0.15, 0.2) is 17.5 Å². The van der Waals surface area contributed by atoms with Crippen molar-refractivity contribution in [3.63, 3.8) is 0 Å². The summed E-state index contributed by atoms with van der Waals surface area (Å²) in [6.07, 6.45) is 0. The Morgan fingerprint density at radius 2 is 1.81 bits per heavy atom. The van der Waals surface area contributed by atoms with Gasteiger partial charge in [-0.25, -0.2) is 0 Å². The number of aromatic hydroxyl groups is 1. The Morgan fingerprint density at radius 1 is 1.19 bits per heavy atom. The van der Waals surface area contributed by atoms with E-state index < -0.39 is 5.91 Å². The standard InChI is InChI=1S/C19H20Cl2N2O3S/c1-19(2,3)11-8-14(21)17(25)15(9-11)22-18(27)23-16(24)10-26-13-6-4-12(20)5-7-13/h4-9,25H,10H2,1-3H3,(H2,22,23,24,27). The lowest BCUT2D eigenvalue weighted by atomic mass is 9.87. The summed E-state index contributed by atoms with van der Waals surface area (Å²) in [5.74, 6) is -0.0746. The van der Waals surface area contributed by atoms with Gasteiger partial charge in [0.2, 0.25) is 0 Å². The zero-order chi connectivity index (χ0) is 20.2. The molecule has 2 aromatic rings. The molecular weight excluding hydrogens is 407 g/mol. The lowest BCUT2D eigenvalue weighted by Gasteiger charge is -2.21. The summed E-state index contributed by atoms with van der Waals surface area (Å²) in [5.41, 5.74) is 1.05. The first kappa shape index (κ1) is 21.3. The van der Waals surface area contributed by atoms with E-state index in [1.54, 1.807) is 36.4 Å². The van der Waals surface area contributed by atoms with Gasteiger partial charge in [0, 0.05) is 5.02 Å². The number of thiocarbonyl (C=S) groups is 1. The van der Waals surface area contributed by atoms with E-state index in [-0.39, 0.29) is 27.9 Å². The summed E-state index contributed by atoms with van der Waals surface area (Å²) < 4.78 is 5.35. The SMILES string of the molecule is CC(C)(C)c1cc(Cl)c(O)c(NC(=S)NC(=O)COc2ccc(Cl)cc2)c1. The van der Waals surface area contributed by atoms with E-state index in [9.17, 15) is 9.90 Å². The smallest absolute Gasteiger partial charge is 0.264 e. The molecule has 0 saturated carbocycles. The van der Waals surface area contributed by atoms with Crippen LogP contribution in [0, 0.1) is 0 Å². The van der Waals surface area contributed by atoms with Gasteiger partial charge >= 0.3 is 0 Å². The number of halogens is 2. The highest BCUT2D eigenvalue weighted by Crippen LogP contribution is 2.37. The van der Waals surface area contributed by atoms with Gasteiger partial charge in [-0.3, -0.25) is 10.1 Å². The second-order valence-electron chi connectivity index (χ2n) is 6.85. The van der Waals surface area contributed by atoms with E-state index in [1.165, 1.54) is 0 Å². The summed E-state index contributed by atoms with van der Waals surface area (Å²) in [7, 11) is 0. The minimum Gasteiger partial charge on any atom is -0.504 e. The number of phenolic OH excluding ortho intramolecular Hbond substituents is 1. The van der Waals surface area contributed by atoms with Gasteiger partial charge in [0.1, 0.15) is 5.75 Å². The van der Waals surface area contributed by atoms with Crippen molar-refractivity contribution in [1.82, 2.24) is 5.32 Å². The van der Waals surface area contributed by atoms with Crippen molar-refractivity contribution in [2.45, 2.75) is 26.2 Å². The van der Waals surface area contributed by atoms with Gasteiger partial charge in [-0.1, -0.05) is 44.0 Å². The number of phenols is 1. The first-order chi connectivity index (χ1) is 12.6. The third kappa shape index (κ3) is 6.27. The zero-order valence-electron chi connectivity index (χ0n) is 15.1. The fourth-order valence-corrected chi connectivity index (χ4v) is 2.69. The second kappa shape index (κ2) is 8.78. The van der Waals surface area contributed by atoms with Crippen LogP contribution in [0.5, 0.6) is 11.5 Å². The lowest BCUT2D eigenvalue weighted by molar-refractivity contribution is -0.121. The Bertz CT molecular complexity index is 849. The molecule has 0 aliphatic carbocycles. The first-order valence-electron chi connectivity index (χ1n) is 8.08. The zero-order valence-corrected chi connectivity index (χ0v) is 17.4. The molecule has 0 aliphatic heterocycles. The molecule has 1 amide bonds. The van der Waals surface area contributed by atoms with Crippen LogP contribution in [0.25, 0.3) is 0 Å². The molecule has 0 aliphatic rings. The van der Waals surface area contributed by atoms with Gasteiger partial charge < -0.3 is 15.2 Å². The minimum atomic E-state index is -0.444. The summed E-state index contributed by atoms with van der Waals surface area (Å²) in [5, 5.41) is 16.2. The molecule has 2 aromatic carbocycles. The summed E-state index contributed by atoms with van der Waals surface area (Å²) in [6, 6.07) is 10.1. The van der Waals surface area contributed by atoms with Crippen molar-refractivity contribution >= 4 is 52.1 Å². The predicted molar refractivity (Wildman–Crippen MR) is 113 cm³/mol. The number of hydrogen-bond acceptors (Lipinski definition) is 4. The van der Waals surface area contributed by atoms with Gasteiger partial charge in [-0.15, -0.1) is 0 Å². The van der Waals surface area contributed by atoms with Crippen LogP contribution in [-0.2, 0) is 10.2 Å². The minimum absolute atomic E-state index is 0.0251. The molecule has 0 unspecified atom stereocenters. The monoisotopic (exact) mass is 426 g/mol. The van der Waals surface area contributed by atoms with Crippen molar-refractivity contribution in [3.05, 3.63) is 52.0 Å². The van der Waals surface area contributed by atoms with E-state index in [1.807, 2.05) is 20.8 Å². The maximum Gasteiger partial charge on any atom is 0.264 e. The molecule has 144 valence electrons. The average Bonchev–Trinajstić information content (AvgIpc) is 2.57. The van der Waals surface area contributed by atoms with Crippen LogP contribution in [0.3, 0.4) is 0 Å². The molecule has 0 fully saturated rings. The van der Waals surface area contributed by atoms with Gasteiger partial charge in [-0.2, -0.15) is 0 Å². The molecule has 0 heterocycles. The van der Waals surface area contributed by atoms with Crippen molar-refractivity contribution < 1.29 is 14.6 Å². The Morgan fingerprint density at radius 3 is 2.41 bits per heavy atom.